The van der Waals surface area contributed by atoms with E-state index in [2.05, 4.69) is 24.9 Å². The normalized spacial score (nSPS) is 16.8. The summed E-state index contributed by atoms with van der Waals surface area (Å²) in [4.78, 5) is 35.2. The Morgan fingerprint density at radius 3 is 2.88 bits per heavy atom. The van der Waals surface area contributed by atoms with Gasteiger partial charge in [-0.05, 0) is 38.5 Å². The molecule has 1 amide bonds. The van der Waals surface area contributed by atoms with Crippen molar-refractivity contribution in [2.75, 3.05) is 13.1 Å². The van der Waals surface area contributed by atoms with Crippen LogP contribution in [0.25, 0.3) is 11.5 Å². The van der Waals surface area contributed by atoms with Gasteiger partial charge in [-0.2, -0.15) is 0 Å². The van der Waals surface area contributed by atoms with Crippen molar-refractivity contribution in [2.24, 2.45) is 0 Å². The minimum absolute atomic E-state index is 0.0215. The van der Waals surface area contributed by atoms with E-state index in [1.54, 1.807) is 30.7 Å². The first-order chi connectivity index (χ1) is 12.6. The van der Waals surface area contributed by atoms with Gasteiger partial charge in [0.15, 0.2) is 5.82 Å². The Hall–Kier alpha value is -3.09. The number of pyridine rings is 1. The van der Waals surface area contributed by atoms with Crippen LogP contribution >= 0.6 is 0 Å². The molecule has 0 radical (unpaired) electrons. The average Bonchev–Trinajstić information content (AvgIpc) is 3.31. The number of aromatic nitrogens is 5. The van der Waals surface area contributed by atoms with Gasteiger partial charge in [0.05, 0.1) is 5.56 Å². The van der Waals surface area contributed by atoms with Crippen molar-refractivity contribution in [1.82, 2.24) is 29.8 Å². The molecule has 1 aliphatic rings. The number of nitrogens with one attached hydrogen (secondary N) is 1. The summed E-state index contributed by atoms with van der Waals surface area (Å²) in [6.07, 6.45) is 5.96. The molecule has 0 unspecified atom stereocenters. The van der Waals surface area contributed by atoms with Crippen LogP contribution in [0.1, 0.15) is 39.9 Å². The third kappa shape index (κ3) is 3.20. The van der Waals surface area contributed by atoms with E-state index in [0.29, 0.717) is 17.9 Å². The van der Waals surface area contributed by atoms with Crippen LogP contribution in [0.15, 0.2) is 36.8 Å². The lowest BCUT2D eigenvalue weighted by molar-refractivity contribution is 0.0790. The zero-order valence-electron chi connectivity index (χ0n) is 14.8. The van der Waals surface area contributed by atoms with E-state index < -0.39 is 0 Å². The minimum Gasteiger partial charge on any atom is -0.341 e. The smallest absolute Gasteiger partial charge is 0.255 e. The molecule has 132 valence electrons. The van der Waals surface area contributed by atoms with E-state index in [4.69, 9.17) is 0 Å². The highest BCUT2D eigenvalue weighted by molar-refractivity contribution is 5.94. The molecule has 26 heavy (non-hydrogen) atoms. The molecule has 7 heteroatoms. The number of aryl methyl sites for hydroxylation is 2. The lowest BCUT2D eigenvalue weighted by Crippen LogP contribution is -2.28. The summed E-state index contributed by atoms with van der Waals surface area (Å²) in [5.74, 6) is 1.68. The summed E-state index contributed by atoms with van der Waals surface area (Å²) in [6.45, 7) is 5.22. The van der Waals surface area contributed by atoms with Crippen LogP contribution < -0.4 is 0 Å². The molecule has 0 aromatic carbocycles. The third-order valence-corrected chi connectivity index (χ3v) is 4.61. The predicted octanol–water partition coefficient (Wildman–Crippen LogP) is 2.51. The highest BCUT2D eigenvalue weighted by atomic mass is 16.2. The maximum atomic E-state index is 12.6. The number of amides is 1. The second kappa shape index (κ2) is 6.67. The fourth-order valence-electron chi connectivity index (χ4n) is 3.32. The van der Waals surface area contributed by atoms with Gasteiger partial charge >= 0.3 is 0 Å². The van der Waals surface area contributed by atoms with Gasteiger partial charge in [-0.15, -0.1) is 0 Å². The van der Waals surface area contributed by atoms with E-state index in [1.807, 2.05) is 24.8 Å². The molecule has 0 spiro atoms. The van der Waals surface area contributed by atoms with Gasteiger partial charge in [0.2, 0.25) is 0 Å². The fourth-order valence-corrected chi connectivity index (χ4v) is 3.32. The Bertz CT molecular complexity index is 936. The summed E-state index contributed by atoms with van der Waals surface area (Å²) in [5, 5.41) is 0. The van der Waals surface area contributed by atoms with E-state index in [-0.39, 0.29) is 11.8 Å². The zero-order chi connectivity index (χ0) is 18.1. The second-order valence-electron chi connectivity index (χ2n) is 6.62. The van der Waals surface area contributed by atoms with Crippen LogP contribution in [0.4, 0.5) is 0 Å². The standard InChI is InChI=1S/C19H20N6O/c1-12-9-21-18(22-12)17-8-16(23-13(2)24-17)15-5-7-25(11-15)19(26)14-4-3-6-20-10-14/h3-4,6,8-10,15H,5,7,11H2,1-2H3,(H,21,22)/t15-/m0/s1. The number of carbonyl (C=O) groups excluding carboxylic acids is 1. The Morgan fingerprint density at radius 2 is 2.15 bits per heavy atom. The molecule has 1 N–H and O–H groups in total. The number of imidazole rings is 1. The summed E-state index contributed by atoms with van der Waals surface area (Å²) in [7, 11) is 0. The first-order valence-corrected chi connectivity index (χ1v) is 8.67. The highest BCUT2D eigenvalue weighted by Gasteiger charge is 2.29. The zero-order valence-corrected chi connectivity index (χ0v) is 14.8. The van der Waals surface area contributed by atoms with Crippen LogP contribution in [0.5, 0.6) is 0 Å². The Morgan fingerprint density at radius 1 is 1.27 bits per heavy atom. The molecule has 0 aliphatic carbocycles. The minimum atomic E-state index is 0.0215. The van der Waals surface area contributed by atoms with Gasteiger partial charge < -0.3 is 9.88 Å². The van der Waals surface area contributed by atoms with Crippen LogP contribution in [0.3, 0.4) is 0 Å². The Labute approximate surface area is 151 Å². The number of nitrogens with zero attached hydrogens (tertiary/aromatic N) is 5. The largest absolute Gasteiger partial charge is 0.341 e. The molecule has 1 fully saturated rings. The molecular weight excluding hydrogens is 328 g/mol. The quantitative estimate of drug-likeness (QED) is 0.786. The van der Waals surface area contributed by atoms with Gasteiger partial charge in [0.1, 0.15) is 11.5 Å². The van der Waals surface area contributed by atoms with Crippen molar-refractivity contribution in [3.8, 4) is 11.5 Å². The molecule has 1 atom stereocenters. The van der Waals surface area contributed by atoms with Gasteiger partial charge in [-0.3, -0.25) is 9.78 Å². The van der Waals surface area contributed by atoms with E-state index in [0.717, 1.165) is 35.9 Å². The van der Waals surface area contributed by atoms with Crippen molar-refractivity contribution in [3.05, 3.63) is 59.6 Å². The maximum absolute atomic E-state index is 12.6. The molecule has 7 nitrogen and oxygen atoms in total. The van der Waals surface area contributed by atoms with Crippen molar-refractivity contribution < 1.29 is 4.79 Å². The third-order valence-electron chi connectivity index (χ3n) is 4.61. The van der Waals surface area contributed by atoms with Crippen LogP contribution in [-0.2, 0) is 0 Å². The topological polar surface area (TPSA) is 87.7 Å². The van der Waals surface area contributed by atoms with Gasteiger partial charge in [-0.1, -0.05) is 0 Å². The molecule has 4 rings (SSSR count). The molecule has 3 aromatic heterocycles. The summed E-state index contributed by atoms with van der Waals surface area (Å²) < 4.78 is 0. The molecule has 4 heterocycles. The highest BCUT2D eigenvalue weighted by Crippen LogP contribution is 2.28. The molecule has 0 bridgehead atoms. The van der Waals surface area contributed by atoms with Crippen molar-refractivity contribution in [2.45, 2.75) is 26.2 Å². The number of likely N-dealkylation sites (tertiary alicyclic amines) is 1. The maximum Gasteiger partial charge on any atom is 0.255 e. The van der Waals surface area contributed by atoms with Gasteiger partial charge in [0.25, 0.3) is 5.91 Å². The molecule has 1 saturated heterocycles. The van der Waals surface area contributed by atoms with E-state index >= 15 is 0 Å². The lowest BCUT2D eigenvalue weighted by Gasteiger charge is -2.16. The van der Waals surface area contributed by atoms with Crippen molar-refractivity contribution in [1.29, 1.82) is 0 Å². The Kier molecular flexibility index (Phi) is 4.20. The number of carbonyl (C=O) groups is 1. The average molecular weight is 348 g/mol. The van der Waals surface area contributed by atoms with Gasteiger partial charge in [-0.25, -0.2) is 15.0 Å². The molecule has 0 saturated carbocycles. The van der Waals surface area contributed by atoms with E-state index in [1.165, 1.54) is 0 Å². The van der Waals surface area contributed by atoms with Crippen molar-refractivity contribution in [3.63, 3.8) is 0 Å². The number of H-pyrrole nitrogens is 1. The summed E-state index contributed by atoms with van der Waals surface area (Å²) >= 11 is 0. The summed E-state index contributed by atoms with van der Waals surface area (Å²) in [5.41, 5.74) is 3.37. The first kappa shape index (κ1) is 16.4. The SMILES string of the molecule is Cc1nc(-c2ncc(C)[nH]2)cc([C@H]2CCN(C(=O)c3cccnc3)C2)n1. The van der Waals surface area contributed by atoms with E-state index in [9.17, 15) is 4.79 Å². The number of hydrogen-bond donors (Lipinski definition) is 1. The first-order valence-electron chi connectivity index (χ1n) is 8.67. The van der Waals surface area contributed by atoms with Crippen LogP contribution in [0.2, 0.25) is 0 Å². The Balaban J connectivity index is 1.55. The van der Waals surface area contributed by atoms with Gasteiger partial charge in [0, 0.05) is 49.0 Å². The fraction of sp³-hybridized carbons (Fsp3) is 0.316. The lowest BCUT2D eigenvalue weighted by atomic mass is 10.0. The molecule has 1 aliphatic heterocycles. The van der Waals surface area contributed by atoms with Crippen LogP contribution in [0, 0.1) is 13.8 Å². The second-order valence-corrected chi connectivity index (χ2v) is 6.62. The molecular formula is C19H20N6O. The number of aromatic amines is 1. The summed E-state index contributed by atoms with van der Waals surface area (Å²) in [6, 6.07) is 5.56. The number of rotatable bonds is 3. The number of hydrogen-bond acceptors (Lipinski definition) is 5. The van der Waals surface area contributed by atoms with Crippen LogP contribution in [-0.4, -0.2) is 48.8 Å². The monoisotopic (exact) mass is 348 g/mol. The van der Waals surface area contributed by atoms with Crippen molar-refractivity contribution >= 4 is 5.91 Å². The molecule has 3 aromatic rings. The predicted molar refractivity (Wildman–Crippen MR) is 96.6 cm³/mol.